The highest BCUT2D eigenvalue weighted by atomic mass is 16.6. The van der Waals surface area contributed by atoms with Gasteiger partial charge in [-0.25, -0.2) is 9.78 Å². The summed E-state index contributed by atoms with van der Waals surface area (Å²) in [5.41, 5.74) is 3.71. The maximum absolute atomic E-state index is 13.1. The van der Waals surface area contributed by atoms with Gasteiger partial charge in [0.05, 0.1) is 4.92 Å². The van der Waals surface area contributed by atoms with Crippen LogP contribution in [0.4, 0.5) is 11.5 Å². The first-order chi connectivity index (χ1) is 19.4. The number of nitrogens with one attached hydrogen (secondary N) is 2. The smallest absolute Gasteiger partial charge is 0.326 e. The number of fused-ring (bicyclic) bond motifs is 1. The molecule has 0 fully saturated rings. The van der Waals surface area contributed by atoms with E-state index >= 15 is 0 Å². The molecule has 3 N–H and O–H groups in total. The number of aromatic nitrogens is 2. The number of amides is 1. The Kier molecular flexibility index (Phi) is 7.49. The van der Waals surface area contributed by atoms with E-state index in [1.54, 1.807) is 34.9 Å². The minimum absolute atomic E-state index is 0.0336. The minimum Gasteiger partial charge on any atom is -0.480 e. The van der Waals surface area contributed by atoms with Crippen molar-refractivity contribution in [1.29, 1.82) is 0 Å². The zero-order valence-corrected chi connectivity index (χ0v) is 21.2. The lowest BCUT2D eigenvalue weighted by molar-refractivity contribution is -0.384. The normalized spacial score (nSPS) is 11.6. The molecule has 3 aromatic carbocycles. The third-order valence-electron chi connectivity index (χ3n) is 6.43. The summed E-state index contributed by atoms with van der Waals surface area (Å²) in [5.74, 6) is -1.02. The van der Waals surface area contributed by atoms with E-state index in [9.17, 15) is 24.8 Å². The molecule has 0 aliphatic carbocycles. The van der Waals surface area contributed by atoms with Crippen molar-refractivity contribution in [3.05, 3.63) is 130 Å². The maximum Gasteiger partial charge on any atom is 0.326 e. The summed E-state index contributed by atoms with van der Waals surface area (Å²) in [5, 5.41) is 26.8. The van der Waals surface area contributed by atoms with Gasteiger partial charge in [-0.1, -0.05) is 60.7 Å². The van der Waals surface area contributed by atoms with Gasteiger partial charge >= 0.3 is 5.97 Å². The van der Waals surface area contributed by atoms with E-state index in [1.165, 1.54) is 12.1 Å². The van der Waals surface area contributed by atoms with Crippen LogP contribution in [0.1, 0.15) is 21.5 Å². The van der Waals surface area contributed by atoms with Crippen molar-refractivity contribution < 1.29 is 19.6 Å². The van der Waals surface area contributed by atoms with Crippen molar-refractivity contribution in [2.75, 3.05) is 5.32 Å². The van der Waals surface area contributed by atoms with Crippen LogP contribution in [0.15, 0.2) is 103 Å². The molecule has 0 aliphatic heterocycles. The quantitative estimate of drug-likeness (QED) is 0.170. The van der Waals surface area contributed by atoms with E-state index in [-0.39, 0.29) is 17.7 Å². The average Bonchev–Trinajstić information content (AvgIpc) is 3.34. The van der Waals surface area contributed by atoms with Gasteiger partial charge in [-0.05, 0) is 35.4 Å². The van der Waals surface area contributed by atoms with Crippen LogP contribution < -0.4 is 10.6 Å². The second kappa shape index (κ2) is 11.5. The highest BCUT2D eigenvalue weighted by molar-refractivity contribution is 5.97. The van der Waals surface area contributed by atoms with Crippen LogP contribution in [0.5, 0.6) is 0 Å². The predicted octanol–water partition coefficient (Wildman–Crippen LogP) is 4.95. The van der Waals surface area contributed by atoms with E-state index in [0.29, 0.717) is 29.3 Å². The fraction of sp³-hybridized carbons (Fsp3) is 0.100. The van der Waals surface area contributed by atoms with E-state index in [4.69, 9.17) is 4.98 Å². The van der Waals surface area contributed by atoms with Crippen molar-refractivity contribution in [1.82, 2.24) is 14.7 Å². The Balaban J connectivity index is 1.46. The molecule has 0 radical (unpaired) electrons. The number of nitrogens with zero attached hydrogens (tertiary/aromatic N) is 3. The molecule has 0 aliphatic rings. The third kappa shape index (κ3) is 5.81. The number of carbonyl (C=O) groups excluding carboxylic acids is 1. The molecule has 0 spiro atoms. The highest BCUT2D eigenvalue weighted by Crippen LogP contribution is 2.31. The van der Waals surface area contributed by atoms with Crippen LogP contribution in [0.3, 0.4) is 0 Å². The summed E-state index contributed by atoms with van der Waals surface area (Å²) in [7, 11) is 0. The lowest BCUT2D eigenvalue weighted by Gasteiger charge is -2.15. The summed E-state index contributed by atoms with van der Waals surface area (Å²) in [6.07, 6.45) is 1.83. The van der Waals surface area contributed by atoms with E-state index < -0.39 is 22.8 Å². The van der Waals surface area contributed by atoms with Crippen molar-refractivity contribution in [3.8, 4) is 11.3 Å². The number of hydrogen-bond donors (Lipinski definition) is 3. The van der Waals surface area contributed by atoms with Crippen LogP contribution in [-0.4, -0.2) is 37.3 Å². The van der Waals surface area contributed by atoms with Crippen molar-refractivity contribution >= 4 is 29.0 Å². The topological polar surface area (TPSA) is 139 Å². The standard InChI is InChI=1S/C30H25N5O5/c36-29(32-25(30(37)38)17-20-7-3-1-4-8-20)23-15-16-34-26(18-23)33-27(22-11-13-24(14-12-22)35(39)40)28(34)31-19-21-9-5-2-6-10-21/h1-16,18,25,31H,17,19H2,(H,32,36)(H,37,38). The molecule has 5 rings (SSSR count). The number of aliphatic carboxylic acids is 1. The van der Waals surface area contributed by atoms with Gasteiger partial charge in [0.25, 0.3) is 11.6 Å². The average molecular weight is 536 g/mol. The molecule has 10 heteroatoms. The Bertz CT molecular complexity index is 1670. The molecule has 0 saturated heterocycles. The van der Waals surface area contributed by atoms with Gasteiger partial charge in [0, 0.05) is 42.4 Å². The summed E-state index contributed by atoms with van der Waals surface area (Å²) in [6, 6.07) is 27.0. The number of benzene rings is 3. The van der Waals surface area contributed by atoms with E-state index in [0.717, 1.165) is 11.1 Å². The zero-order valence-electron chi connectivity index (χ0n) is 21.2. The minimum atomic E-state index is -1.13. The van der Waals surface area contributed by atoms with Gasteiger partial charge in [0.1, 0.15) is 23.2 Å². The number of imidazole rings is 1. The first kappa shape index (κ1) is 26.1. The first-order valence-electron chi connectivity index (χ1n) is 12.5. The van der Waals surface area contributed by atoms with Crippen molar-refractivity contribution in [2.24, 2.45) is 0 Å². The Morgan fingerprint density at radius 2 is 1.57 bits per heavy atom. The number of nitro groups is 1. The SMILES string of the molecule is O=C(NC(Cc1ccccc1)C(=O)O)c1ccn2c(NCc3ccccc3)c(-c3ccc([N+](=O)[O-])cc3)nc2c1. The van der Waals surface area contributed by atoms with Crippen LogP contribution in [-0.2, 0) is 17.8 Å². The fourth-order valence-electron chi connectivity index (χ4n) is 4.37. The maximum atomic E-state index is 13.1. The van der Waals surface area contributed by atoms with Gasteiger partial charge < -0.3 is 15.7 Å². The number of carboxylic acid groups (broad SMARTS) is 1. The number of non-ortho nitro benzene ring substituents is 1. The molecule has 1 amide bonds. The number of rotatable bonds is 10. The number of hydrogen-bond acceptors (Lipinski definition) is 6. The molecule has 5 aromatic rings. The summed E-state index contributed by atoms with van der Waals surface area (Å²) < 4.78 is 1.79. The van der Waals surface area contributed by atoms with Gasteiger partial charge in [-0.15, -0.1) is 0 Å². The molecule has 2 heterocycles. The molecule has 10 nitrogen and oxygen atoms in total. The number of anilines is 1. The summed E-state index contributed by atoms with van der Waals surface area (Å²) in [4.78, 5) is 40.3. The van der Waals surface area contributed by atoms with Crippen molar-refractivity contribution in [2.45, 2.75) is 19.0 Å². The Labute approximate surface area is 229 Å². The van der Waals surface area contributed by atoms with Gasteiger partial charge in [-0.2, -0.15) is 0 Å². The molecular weight excluding hydrogens is 510 g/mol. The molecule has 200 valence electrons. The second-order valence-electron chi connectivity index (χ2n) is 9.15. The summed E-state index contributed by atoms with van der Waals surface area (Å²) >= 11 is 0. The number of carboxylic acids is 1. The summed E-state index contributed by atoms with van der Waals surface area (Å²) in [6.45, 7) is 0.497. The van der Waals surface area contributed by atoms with E-state index in [2.05, 4.69) is 10.6 Å². The Morgan fingerprint density at radius 1 is 0.925 bits per heavy atom. The van der Waals surface area contributed by atoms with Crippen LogP contribution in [0, 0.1) is 10.1 Å². The Hall–Kier alpha value is -5.51. The lowest BCUT2D eigenvalue weighted by Crippen LogP contribution is -2.42. The highest BCUT2D eigenvalue weighted by Gasteiger charge is 2.22. The second-order valence-corrected chi connectivity index (χ2v) is 9.15. The zero-order chi connectivity index (χ0) is 28.1. The number of pyridine rings is 1. The van der Waals surface area contributed by atoms with E-state index in [1.807, 2.05) is 60.7 Å². The van der Waals surface area contributed by atoms with Crippen LogP contribution in [0.2, 0.25) is 0 Å². The van der Waals surface area contributed by atoms with Crippen LogP contribution >= 0.6 is 0 Å². The first-order valence-corrected chi connectivity index (χ1v) is 12.5. The van der Waals surface area contributed by atoms with Gasteiger partial charge in [0.15, 0.2) is 0 Å². The van der Waals surface area contributed by atoms with Gasteiger partial charge in [0.2, 0.25) is 0 Å². The molecule has 1 atom stereocenters. The van der Waals surface area contributed by atoms with Gasteiger partial charge in [-0.3, -0.25) is 19.3 Å². The fourth-order valence-corrected chi connectivity index (χ4v) is 4.37. The van der Waals surface area contributed by atoms with Crippen molar-refractivity contribution in [3.63, 3.8) is 0 Å². The molecule has 2 aromatic heterocycles. The Morgan fingerprint density at radius 3 is 2.20 bits per heavy atom. The molecule has 1 unspecified atom stereocenters. The molecular formula is C30H25N5O5. The number of carbonyl (C=O) groups is 2. The predicted molar refractivity (Wildman–Crippen MR) is 150 cm³/mol. The number of nitro benzene ring substituents is 1. The molecule has 40 heavy (non-hydrogen) atoms. The molecule has 0 bridgehead atoms. The van der Waals surface area contributed by atoms with Crippen LogP contribution in [0.25, 0.3) is 16.9 Å². The third-order valence-corrected chi connectivity index (χ3v) is 6.43. The lowest BCUT2D eigenvalue weighted by atomic mass is 10.1. The molecule has 0 saturated carbocycles. The monoisotopic (exact) mass is 535 g/mol. The largest absolute Gasteiger partial charge is 0.480 e.